The molecule has 9 heteroatoms. The van der Waals surface area contributed by atoms with Crippen LogP contribution in [0.25, 0.3) is 11.3 Å². The van der Waals surface area contributed by atoms with Gasteiger partial charge in [0.15, 0.2) is 0 Å². The van der Waals surface area contributed by atoms with Crippen molar-refractivity contribution in [1.82, 2.24) is 20.6 Å². The highest BCUT2D eigenvalue weighted by molar-refractivity contribution is 5.98. The van der Waals surface area contributed by atoms with Crippen LogP contribution in [0.3, 0.4) is 0 Å². The predicted molar refractivity (Wildman–Crippen MR) is 182 cm³/mol. The first-order valence-corrected chi connectivity index (χ1v) is 15.9. The van der Waals surface area contributed by atoms with Crippen molar-refractivity contribution in [2.45, 2.75) is 36.9 Å². The van der Waals surface area contributed by atoms with Crippen molar-refractivity contribution in [2.24, 2.45) is 0 Å². The van der Waals surface area contributed by atoms with Gasteiger partial charge in [0.1, 0.15) is 11.9 Å². The molecule has 0 saturated carbocycles. The number of hydrogen-bond donors (Lipinski definition) is 4. The van der Waals surface area contributed by atoms with Crippen LogP contribution in [0, 0.1) is 0 Å². The Labute approximate surface area is 274 Å². The summed E-state index contributed by atoms with van der Waals surface area (Å²) in [6, 6.07) is 36.3. The number of nitrogens with zero attached hydrogens (tertiary/aromatic N) is 1. The van der Waals surface area contributed by atoms with E-state index in [0.717, 1.165) is 40.2 Å². The average Bonchev–Trinajstić information content (AvgIpc) is 3.63. The van der Waals surface area contributed by atoms with Gasteiger partial charge >= 0.3 is 6.09 Å². The van der Waals surface area contributed by atoms with Crippen molar-refractivity contribution < 1.29 is 19.1 Å². The van der Waals surface area contributed by atoms with Gasteiger partial charge in [0.2, 0.25) is 5.91 Å². The standard InChI is InChI=1S/C38H39N5O4/c1-46-38(45)43-35(34(28-16-7-3-8-17-28)29-18-9-4-10-19-29)37(44)42-31-20-12-11-15-27(31)21-22-30-23-39-33(25-47-30)36-40-24-32(41-36)26-13-5-2-6-14-26/h2-20,24,30,33-35,39H,21-23,25H2,1H3,(H,40,41)(H,42,44)(H,43,45)/t30-,33+,35?/m1/s1. The Bertz CT molecular complexity index is 1700. The Morgan fingerprint density at radius 3 is 2.17 bits per heavy atom. The Morgan fingerprint density at radius 2 is 1.53 bits per heavy atom. The summed E-state index contributed by atoms with van der Waals surface area (Å²) in [7, 11) is 1.29. The van der Waals surface area contributed by atoms with Gasteiger partial charge in [0, 0.05) is 18.2 Å². The zero-order chi connectivity index (χ0) is 32.4. The number of nitrogens with one attached hydrogen (secondary N) is 4. The summed E-state index contributed by atoms with van der Waals surface area (Å²) in [5.74, 6) is 0.0679. The molecule has 240 valence electrons. The molecule has 0 bridgehead atoms. The molecule has 6 rings (SSSR count). The predicted octanol–water partition coefficient (Wildman–Crippen LogP) is 6.23. The van der Waals surface area contributed by atoms with Gasteiger partial charge in [-0.3, -0.25) is 4.79 Å². The number of benzene rings is 4. The van der Waals surface area contributed by atoms with E-state index in [1.807, 2.05) is 109 Å². The number of imidazole rings is 1. The van der Waals surface area contributed by atoms with Crippen LogP contribution in [0.2, 0.25) is 0 Å². The number of H-pyrrole nitrogens is 1. The number of carbonyl (C=O) groups excluding carboxylic acids is 2. The van der Waals surface area contributed by atoms with Crippen LogP contribution < -0.4 is 16.0 Å². The van der Waals surface area contributed by atoms with Crippen molar-refractivity contribution in [3.8, 4) is 11.3 Å². The molecule has 3 atom stereocenters. The molecule has 4 aromatic carbocycles. The zero-order valence-corrected chi connectivity index (χ0v) is 26.3. The molecule has 1 fully saturated rings. The zero-order valence-electron chi connectivity index (χ0n) is 26.3. The van der Waals surface area contributed by atoms with Crippen molar-refractivity contribution in [1.29, 1.82) is 0 Å². The van der Waals surface area contributed by atoms with Gasteiger partial charge < -0.3 is 30.4 Å². The minimum atomic E-state index is -0.938. The average molecular weight is 630 g/mol. The number of morpholine rings is 1. The molecule has 0 spiro atoms. The molecule has 1 unspecified atom stereocenters. The molecule has 1 saturated heterocycles. The minimum absolute atomic E-state index is 0.00726. The summed E-state index contributed by atoms with van der Waals surface area (Å²) < 4.78 is 11.2. The second kappa shape index (κ2) is 15.4. The summed E-state index contributed by atoms with van der Waals surface area (Å²) in [5, 5.41) is 9.50. The molecule has 5 aromatic rings. The van der Waals surface area contributed by atoms with Crippen molar-refractivity contribution in [2.75, 3.05) is 25.6 Å². The first-order chi connectivity index (χ1) is 23.1. The number of aryl methyl sites for hydroxylation is 1. The molecule has 9 nitrogen and oxygen atoms in total. The summed E-state index contributed by atoms with van der Waals surface area (Å²) in [4.78, 5) is 34.6. The van der Waals surface area contributed by atoms with E-state index in [2.05, 4.69) is 38.1 Å². The number of amides is 2. The number of alkyl carbamates (subject to hydrolysis) is 1. The van der Waals surface area contributed by atoms with E-state index >= 15 is 0 Å². The number of aromatic amines is 1. The Balaban J connectivity index is 1.12. The van der Waals surface area contributed by atoms with Crippen LogP contribution >= 0.6 is 0 Å². The SMILES string of the molecule is COC(=O)NC(C(=O)Nc1ccccc1CC[C@@H]1CN[C@H](c2ncc(-c3ccccc3)[nH]2)CO1)C(c1ccccc1)c1ccccc1. The second-order valence-electron chi connectivity index (χ2n) is 11.6. The van der Waals surface area contributed by atoms with E-state index < -0.39 is 18.1 Å². The molecule has 1 aliphatic rings. The fourth-order valence-electron chi connectivity index (χ4n) is 6.03. The second-order valence-corrected chi connectivity index (χ2v) is 11.6. The Morgan fingerprint density at radius 1 is 0.894 bits per heavy atom. The van der Waals surface area contributed by atoms with Gasteiger partial charge in [-0.1, -0.05) is 109 Å². The molecule has 4 N–H and O–H groups in total. The molecule has 47 heavy (non-hydrogen) atoms. The molecular formula is C38H39N5O4. The van der Waals surface area contributed by atoms with Gasteiger partial charge in [0.25, 0.3) is 0 Å². The number of carbonyl (C=O) groups is 2. The third-order valence-electron chi connectivity index (χ3n) is 8.50. The smallest absolute Gasteiger partial charge is 0.407 e. The van der Waals surface area contributed by atoms with Crippen molar-refractivity contribution in [3.05, 3.63) is 144 Å². The fraction of sp³-hybridized carbons (Fsp3) is 0.237. The number of rotatable bonds is 11. The highest BCUT2D eigenvalue weighted by atomic mass is 16.5. The Kier molecular flexibility index (Phi) is 10.4. The largest absolute Gasteiger partial charge is 0.453 e. The van der Waals surface area contributed by atoms with Crippen LogP contribution in [0.1, 0.15) is 40.9 Å². The molecule has 2 amide bonds. The summed E-state index contributed by atoms with van der Waals surface area (Å²) in [5.41, 5.74) is 5.54. The maximum absolute atomic E-state index is 14.0. The van der Waals surface area contributed by atoms with Gasteiger partial charge in [0.05, 0.1) is 37.8 Å². The van der Waals surface area contributed by atoms with Crippen LogP contribution in [-0.2, 0) is 20.7 Å². The van der Waals surface area contributed by atoms with Gasteiger partial charge in [-0.2, -0.15) is 0 Å². The normalized spacial score (nSPS) is 16.7. The van der Waals surface area contributed by atoms with Gasteiger partial charge in [-0.15, -0.1) is 0 Å². The maximum Gasteiger partial charge on any atom is 0.407 e. The topological polar surface area (TPSA) is 117 Å². The molecular weight excluding hydrogens is 590 g/mol. The summed E-state index contributed by atoms with van der Waals surface area (Å²) >= 11 is 0. The first-order valence-electron chi connectivity index (χ1n) is 15.9. The van der Waals surface area contributed by atoms with Crippen LogP contribution in [-0.4, -0.2) is 54.4 Å². The highest BCUT2D eigenvalue weighted by Crippen LogP contribution is 2.30. The first kappa shape index (κ1) is 31.7. The lowest BCUT2D eigenvalue weighted by atomic mass is 9.84. The van der Waals surface area contributed by atoms with Crippen LogP contribution in [0.5, 0.6) is 0 Å². The fourth-order valence-corrected chi connectivity index (χ4v) is 6.03. The van der Waals surface area contributed by atoms with Crippen molar-refractivity contribution >= 4 is 17.7 Å². The molecule has 1 aromatic heterocycles. The van der Waals surface area contributed by atoms with E-state index in [9.17, 15) is 9.59 Å². The molecule has 2 heterocycles. The van der Waals surface area contributed by atoms with E-state index in [-0.39, 0.29) is 18.1 Å². The maximum atomic E-state index is 14.0. The van der Waals surface area contributed by atoms with Crippen LogP contribution in [0.15, 0.2) is 121 Å². The summed E-state index contributed by atoms with van der Waals surface area (Å²) in [6.45, 7) is 1.19. The van der Waals surface area contributed by atoms with Crippen molar-refractivity contribution in [3.63, 3.8) is 0 Å². The summed E-state index contributed by atoms with van der Waals surface area (Å²) in [6.07, 6.45) is 2.65. The van der Waals surface area contributed by atoms with E-state index in [4.69, 9.17) is 9.47 Å². The van der Waals surface area contributed by atoms with Crippen LogP contribution in [0.4, 0.5) is 10.5 Å². The van der Waals surface area contributed by atoms with E-state index in [0.29, 0.717) is 25.3 Å². The third kappa shape index (κ3) is 7.95. The number of hydrogen-bond acceptors (Lipinski definition) is 6. The van der Waals surface area contributed by atoms with E-state index in [1.165, 1.54) is 7.11 Å². The number of methoxy groups -OCH3 is 1. The van der Waals surface area contributed by atoms with Gasteiger partial charge in [-0.05, 0) is 41.2 Å². The third-order valence-corrected chi connectivity index (χ3v) is 8.50. The Hall–Kier alpha value is -5.25. The number of anilines is 1. The number of aromatic nitrogens is 2. The molecule has 0 radical (unpaired) electrons. The van der Waals surface area contributed by atoms with E-state index in [1.54, 1.807) is 0 Å². The quantitative estimate of drug-likeness (QED) is 0.138. The lowest BCUT2D eigenvalue weighted by molar-refractivity contribution is -0.118. The lowest BCUT2D eigenvalue weighted by Crippen LogP contribution is -2.48. The molecule has 1 aliphatic heterocycles. The minimum Gasteiger partial charge on any atom is -0.453 e. The lowest BCUT2D eigenvalue weighted by Gasteiger charge is -2.30. The monoisotopic (exact) mass is 629 g/mol. The highest BCUT2D eigenvalue weighted by Gasteiger charge is 2.33. The van der Waals surface area contributed by atoms with Gasteiger partial charge in [-0.25, -0.2) is 9.78 Å². The number of ether oxygens (including phenoxy) is 2. The number of para-hydroxylation sites is 1. The molecule has 0 aliphatic carbocycles.